The molecular formula is C17H23N7O2S. The smallest absolute Gasteiger partial charge is 0.208 e. The van der Waals surface area contributed by atoms with Gasteiger partial charge in [-0.05, 0) is 45.0 Å². The van der Waals surface area contributed by atoms with E-state index in [1.807, 2.05) is 45.0 Å². The molecule has 0 atom stereocenters. The highest BCUT2D eigenvalue weighted by molar-refractivity contribution is 7.88. The van der Waals surface area contributed by atoms with Gasteiger partial charge in [-0.25, -0.2) is 18.1 Å². The van der Waals surface area contributed by atoms with Crippen molar-refractivity contribution in [1.29, 1.82) is 0 Å². The third-order valence-electron chi connectivity index (χ3n) is 4.18. The minimum Gasteiger partial charge on any atom is -0.370 e. The van der Waals surface area contributed by atoms with E-state index in [0.717, 1.165) is 35.7 Å². The van der Waals surface area contributed by atoms with Crippen molar-refractivity contribution in [3.63, 3.8) is 0 Å². The van der Waals surface area contributed by atoms with Crippen LogP contribution in [0.15, 0.2) is 34.4 Å². The Morgan fingerprint density at radius 3 is 2.52 bits per heavy atom. The Labute approximate surface area is 158 Å². The Kier molecular flexibility index (Phi) is 5.38. The predicted molar refractivity (Wildman–Crippen MR) is 107 cm³/mol. The van der Waals surface area contributed by atoms with E-state index in [1.54, 1.807) is 4.68 Å². The molecule has 10 heteroatoms. The lowest BCUT2D eigenvalue weighted by molar-refractivity contribution is 0.587. The van der Waals surface area contributed by atoms with Crippen LogP contribution in [-0.2, 0) is 10.0 Å². The molecule has 0 unspecified atom stereocenters. The van der Waals surface area contributed by atoms with E-state index in [2.05, 4.69) is 29.9 Å². The summed E-state index contributed by atoms with van der Waals surface area (Å²) in [5, 5.41) is 12.6. The lowest BCUT2D eigenvalue weighted by atomic mass is 10.2. The Balaban J connectivity index is 1.74. The van der Waals surface area contributed by atoms with Gasteiger partial charge < -0.3 is 4.90 Å². The standard InChI is InChI=1S/C17H23N7O2S/c1-5-23(11-10-18-27(4,25)26)15-8-6-14(7-9-15)19-16-12(2)22-24-13(3)20-21-17(16)24/h6-9,18H,5,10-11H2,1-4H3. The molecule has 2 aromatic rings. The summed E-state index contributed by atoms with van der Waals surface area (Å²) in [7, 11) is -3.18. The largest absolute Gasteiger partial charge is 0.370 e. The molecule has 0 saturated carbocycles. The maximum Gasteiger partial charge on any atom is 0.208 e. The number of aromatic nitrogens is 3. The first kappa shape index (κ1) is 19.2. The number of rotatable bonds is 7. The number of aliphatic imine (C=N–C) groups is 1. The molecule has 0 radical (unpaired) electrons. The highest BCUT2D eigenvalue weighted by Gasteiger charge is 2.24. The van der Waals surface area contributed by atoms with Gasteiger partial charge in [-0.3, -0.25) is 0 Å². The molecule has 1 aromatic heterocycles. The van der Waals surface area contributed by atoms with Crippen molar-refractivity contribution in [2.75, 3.05) is 30.8 Å². The summed E-state index contributed by atoms with van der Waals surface area (Å²) in [6.07, 6.45) is 1.16. The minimum absolute atomic E-state index is 0.362. The van der Waals surface area contributed by atoms with Gasteiger partial charge in [0.1, 0.15) is 5.71 Å². The van der Waals surface area contributed by atoms with Gasteiger partial charge in [0.25, 0.3) is 0 Å². The average molecular weight is 389 g/mol. The zero-order valence-corrected chi connectivity index (χ0v) is 16.7. The van der Waals surface area contributed by atoms with Crippen LogP contribution in [-0.4, -0.2) is 60.6 Å². The SMILES string of the molecule is CCN(CCNS(C)(=O)=O)c1ccc(N=C2C(C)=Nn3c(C)nnc32)cc1. The maximum atomic E-state index is 11.2. The van der Waals surface area contributed by atoms with E-state index >= 15 is 0 Å². The molecule has 1 aliphatic heterocycles. The number of benzene rings is 1. The monoisotopic (exact) mass is 389 g/mol. The first-order valence-electron chi connectivity index (χ1n) is 8.65. The van der Waals surface area contributed by atoms with Crippen LogP contribution in [0, 0.1) is 6.92 Å². The second-order valence-electron chi connectivity index (χ2n) is 6.29. The topological polar surface area (TPSA) is 105 Å². The fourth-order valence-electron chi connectivity index (χ4n) is 2.82. The van der Waals surface area contributed by atoms with Crippen LogP contribution in [0.1, 0.15) is 25.5 Å². The van der Waals surface area contributed by atoms with Gasteiger partial charge in [-0.2, -0.15) is 9.78 Å². The Morgan fingerprint density at radius 1 is 1.19 bits per heavy atom. The minimum atomic E-state index is -3.18. The Morgan fingerprint density at radius 2 is 1.89 bits per heavy atom. The van der Waals surface area contributed by atoms with E-state index in [4.69, 9.17) is 0 Å². The molecule has 0 spiro atoms. The fraction of sp³-hybridized carbons (Fsp3) is 0.412. The van der Waals surface area contributed by atoms with Crippen LogP contribution in [0.3, 0.4) is 0 Å². The first-order chi connectivity index (χ1) is 12.8. The highest BCUT2D eigenvalue weighted by Crippen LogP contribution is 2.22. The summed E-state index contributed by atoms with van der Waals surface area (Å²) in [6, 6.07) is 7.80. The molecular weight excluding hydrogens is 366 g/mol. The number of hydrogen-bond donors (Lipinski definition) is 1. The van der Waals surface area contributed by atoms with Crippen molar-refractivity contribution in [1.82, 2.24) is 19.6 Å². The zero-order valence-electron chi connectivity index (χ0n) is 15.8. The van der Waals surface area contributed by atoms with Gasteiger partial charge in [0.2, 0.25) is 15.8 Å². The van der Waals surface area contributed by atoms with Crippen molar-refractivity contribution in [3.8, 4) is 0 Å². The van der Waals surface area contributed by atoms with Gasteiger partial charge in [-0.15, -0.1) is 10.2 Å². The molecule has 0 fully saturated rings. The molecule has 0 aliphatic carbocycles. The number of sulfonamides is 1. The number of hydrogen-bond acceptors (Lipinski definition) is 7. The van der Waals surface area contributed by atoms with Crippen molar-refractivity contribution in [2.24, 2.45) is 10.1 Å². The third-order valence-corrected chi connectivity index (χ3v) is 4.91. The predicted octanol–water partition coefficient (Wildman–Crippen LogP) is 1.32. The number of aryl methyl sites for hydroxylation is 1. The van der Waals surface area contributed by atoms with E-state index in [1.165, 1.54) is 0 Å². The van der Waals surface area contributed by atoms with Crippen LogP contribution in [0.2, 0.25) is 0 Å². The van der Waals surface area contributed by atoms with Gasteiger partial charge in [-0.1, -0.05) is 0 Å². The van der Waals surface area contributed by atoms with Crippen LogP contribution >= 0.6 is 0 Å². The van der Waals surface area contributed by atoms with E-state index in [9.17, 15) is 8.42 Å². The molecule has 27 heavy (non-hydrogen) atoms. The summed E-state index contributed by atoms with van der Waals surface area (Å²) in [6.45, 7) is 7.50. The zero-order chi connectivity index (χ0) is 19.6. The van der Waals surface area contributed by atoms with Crippen molar-refractivity contribution in [2.45, 2.75) is 20.8 Å². The lowest BCUT2D eigenvalue weighted by Crippen LogP contribution is -2.34. The number of nitrogens with zero attached hydrogens (tertiary/aromatic N) is 6. The number of likely N-dealkylation sites (N-methyl/N-ethyl adjacent to an activating group) is 1. The number of nitrogens with one attached hydrogen (secondary N) is 1. The number of anilines is 1. The Bertz CT molecular complexity index is 991. The first-order valence-corrected chi connectivity index (χ1v) is 10.5. The van der Waals surface area contributed by atoms with Crippen LogP contribution in [0.4, 0.5) is 11.4 Å². The van der Waals surface area contributed by atoms with E-state index in [-0.39, 0.29) is 0 Å². The molecule has 1 aromatic carbocycles. The van der Waals surface area contributed by atoms with Crippen LogP contribution < -0.4 is 9.62 Å². The molecule has 2 heterocycles. The second kappa shape index (κ2) is 7.57. The van der Waals surface area contributed by atoms with Crippen LogP contribution in [0.5, 0.6) is 0 Å². The molecule has 3 rings (SSSR count). The summed E-state index contributed by atoms with van der Waals surface area (Å²) < 4.78 is 26.6. The number of fused-ring (bicyclic) bond motifs is 1. The van der Waals surface area contributed by atoms with Crippen molar-refractivity contribution >= 4 is 32.8 Å². The lowest BCUT2D eigenvalue weighted by Gasteiger charge is -2.23. The Hall–Kier alpha value is -2.59. The van der Waals surface area contributed by atoms with E-state index in [0.29, 0.717) is 24.6 Å². The summed E-state index contributed by atoms with van der Waals surface area (Å²) in [5.41, 5.74) is 3.32. The third kappa shape index (κ3) is 4.40. The summed E-state index contributed by atoms with van der Waals surface area (Å²) in [5.74, 6) is 1.38. The van der Waals surface area contributed by atoms with Gasteiger partial charge in [0.15, 0.2) is 5.82 Å². The normalized spacial score (nSPS) is 15.1. The summed E-state index contributed by atoms with van der Waals surface area (Å²) >= 11 is 0. The van der Waals surface area contributed by atoms with Crippen molar-refractivity contribution in [3.05, 3.63) is 35.9 Å². The molecule has 1 N–H and O–H groups in total. The molecule has 144 valence electrons. The maximum absolute atomic E-state index is 11.2. The van der Waals surface area contributed by atoms with Gasteiger partial charge >= 0.3 is 0 Å². The second-order valence-corrected chi connectivity index (χ2v) is 8.12. The van der Waals surface area contributed by atoms with Crippen LogP contribution in [0.25, 0.3) is 0 Å². The molecule has 9 nitrogen and oxygen atoms in total. The van der Waals surface area contributed by atoms with E-state index < -0.39 is 10.0 Å². The summed E-state index contributed by atoms with van der Waals surface area (Å²) in [4.78, 5) is 6.76. The molecule has 1 aliphatic rings. The quantitative estimate of drug-likeness (QED) is 0.769. The van der Waals surface area contributed by atoms with Gasteiger partial charge in [0, 0.05) is 25.3 Å². The highest BCUT2D eigenvalue weighted by atomic mass is 32.2. The fourth-order valence-corrected chi connectivity index (χ4v) is 3.28. The molecule has 0 amide bonds. The molecule has 0 bridgehead atoms. The van der Waals surface area contributed by atoms with Crippen molar-refractivity contribution < 1.29 is 8.42 Å². The van der Waals surface area contributed by atoms with Gasteiger partial charge in [0.05, 0.1) is 17.7 Å². The average Bonchev–Trinajstić information content (AvgIpc) is 3.12. The molecule has 0 saturated heterocycles.